The van der Waals surface area contributed by atoms with E-state index in [-0.39, 0.29) is 5.41 Å². The second-order valence-electron chi connectivity index (χ2n) is 12.6. The summed E-state index contributed by atoms with van der Waals surface area (Å²) in [5, 5.41) is 2.29. The number of aryl methyl sites for hydroxylation is 1. The quantitative estimate of drug-likeness (QED) is 0.208. The van der Waals surface area contributed by atoms with Crippen molar-refractivity contribution in [1.82, 2.24) is 15.0 Å². The van der Waals surface area contributed by atoms with Crippen molar-refractivity contribution in [2.75, 3.05) is 0 Å². The molecule has 0 amide bonds. The molecule has 1 aromatic heterocycles. The maximum atomic E-state index is 5.08. The summed E-state index contributed by atoms with van der Waals surface area (Å²) in [6.07, 6.45) is 0. The molecule has 0 fully saturated rings. The van der Waals surface area contributed by atoms with Crippen molar-refractivity contribution in [1.29, 1.82) is 0 Å². The Hall–Kier alpha value is -5.41. The first-order valence-electron chi connectivity index (χ1n) is 15.5. The Balaban J connectivity index is 1.26. The van der Waals surface area contributed by atoms with Crippen LogP contribution in [-0.2, 0) is 5.41 Å². The highest BCUT2D eigenvalue weighted by atomic mass is 15.0. The van der Waals surface area contributed by atoms with Crippen molar-refractivity contribution >= 4 is 10.8 Å². The van der Waals surface area contributed by atoms with E-state index in [1.54, 1.807) is 0 Å². The molecule has 0 N–H and O–H groups in total. The fourth-order valence-corrected chi connectivity index (χ4v) is 7.30. The third-order valence-electron chi connectivity index (χ3n) is 9.45. The van der Waals surface area contributed by atoms with E-state index in [0.717, 1.165) is 27.5 Å². The van der Waals surface area contributed by atoms with Gasteiger partial charge in [-0.3, -0.25) is 0 Å². The number of nitrogens with zero attached hydrogens (tertiary/aromatic N) is 3. The highest BCUT2D eigenvalue weighted by Gasteiger charge is 2.37. The lowest BCUT2D eigenvalue weighted by Gasteiger charge is -2.25. The summed E-state index contributed by atoms with van der Waals surface area (Å²) in [6.45, 7) is 9.17. The molecule has 0 radical (unpaired) electrons. The molecular weight excluding hydrogens is 546 g/mol. The average Bonchev–Trinajstić information content (AvgIpc) is 3.32. The molecule has 3 nitrogen and oxygen atoms in total. The molecule has 0 saturated carbocycles. The van der Waals surface area contributed by atoms with Gasteiger partial charge < -0.3 is 0 Å². The molecule has 1 aliphatic carbocycles. The van der Waals surface area contributed by atoms with Gasteiger partial charge >= 0.3 is 0 Å². The summed E-state index contributed by atoms with van der Waals surface area (Å²) in [7, 11) is 0. The van der Waals surface area contributed by atoms with Crippen LogP contribution in [0.3, 0.4) is 0 Å². The van der Waals surface area contributed by atoms with E-state index in [1.165, 1.54) is 44.5 Å². The van der Waals surface area contributed by atoms with Gasteiger partial charge in [0.25, 0.3) is 0 Å². The van der Waals surface area contributed by atoms with Gasteiger partial charge in [-0.15, -0.1) is 0 Å². The lowest BCUT2D eigenvalue weighted by Crippen LogP contribution is -2.16. The number of hydrogen-bond acceptors (Lipinski definition) is 3. The number of benzene rings is 6. The lowest BCUT2D eigenvalue weighted by atomic mass is 9.78. The number of hydrogen-bond donors (Lipinski definition) is 0. The van der Waals surface area contributed by atoms with Gasteiger partial charge in [-0.1, -0.05) is 135 Å². The third kappa shape index (κ3) is 4.38. The third-order valence-corrected chi connectivity index (χ3v) is 9.45. The van der Waals surface area contributed by atoms with Gasteiger partial charge in [0.1, 0.15) is 0 Å². The summed E-state index contributed by atoms with van der Waals surface area (Å²) in [4.78, 5) is 15.1. The van der Waals surface area contributed by atoms with E-state index in [2.05, 4.69) is 137 Å². The largest absolute Gasteiger partial charge is 0.208 e. The Morgan fingerprint density at radius 3 is 1.91 bits per heavy atom. The van der Waals surface area contributed by atoms with Crippen LogP contribution in [0.1, 0.15) is 36.1 Å². The van der Waals surface area contributed by atoms with Gasteiger partial charge in [0, 0.05) is 22.1 Å². The average molecular weight is 580 g/mol. The summed E-state index contributed by atoms with van der Waals surface area (Å²) in [6, 6.07) is 44.9. The molecular formula is C42H33N3. The first-order chi connectivity index (χ1) is 21.9. The molecule has 8 rings (SSSR count). The summed E-state index contributed by atoms with van der Waals surface area (Å²) in [5.41, 5.74) is 13.5. The van der Waals surface area contributed by atoms with Gasteiger partial charge in [0.15, 0.2) is 17.5 Å². The van der Waals surface area contributed by atoms with Gasteiger partial charge in [-0.2, -0.15) is 0 Å². The first-order valence-corrected chi connectivity index (χ1v) is 15.5. The second kappa shape index (κ2) is 10.3. The van der Waals surface area contributed by atoms with Crippen LogP contribution < -0.4 is 0 Å². The van der Waals surface area contributed by atoms with Crippen LogP contribution in [0, 0.1) is 13.8 Å². The minimum Gasteiger partial charge on any atom is -0.208 e. The number of fused-ring (bicyclic) bond motifs is 4. The van der Waals surface area contributed by atoms with Gasteiger partial charge in [0.05, 0.1) is 0 Å². The van der Waals surface area contributed by atoms with E-state index in [0.29, 0.717) is 17.5 Å². The summed E-state index contributed by atoms with van der Waals surface area (Å²) >= 11 is 0. The van der Waals surface area contributed by atoms with Gasteiger partial charge in [0.2, 0.25) is 0 Å². The van der Waals surface area contributed by atoms with Crippen LogP contribution in [-0.4, -0.2) is 15.0 Å². The van der Waals surface area contributed by atoms with Gasteiger partial charge in [-0.05, 0) is 75.2 Å². The Morgan fingerprint density at radius 2 is 1.09 bits per heavy atom. The van der Waals surface area contributed by atoms with E-state index in [1.807, 2.05) is 18.2 Å². The maximum absolute atomic E-state index is 5.08. The molecule has 6 aromatic carbocycles. The van der Waals surface area contributed by atoms with Crippen LogP contribution >= 0.6 is 0 Å². The first kappa shape index (κ1) is 27.2. The molecule has 1 aliphatic rings. The normalized spacial score (nSPS) is 13.1. The molecule has 0 spiro atoms. The fourth-order valence-electron chi connectivity index (χ4n) is 7.30. The molecule has 0 atom stereocenters. The molecule has 0 bridgehead atoms. The van der Waals surface area contributed by atoms with Crippen molar-refractivity contribution in [3.8, 4) is 56.4 Å². The molecule has 7 aromatic rings. The van der Waals surface area contributed by atoms with Crippen molar-refractivity contribution < 1.29 is 0 Å². The molecule has 0 unspecified atom stereocenters. The number of aromatic nitrogens is 3. The van der Waals surface area contributed by atoms with E-state index in [4.69, 9.17) is 15.0 Å². The molecule has 0 aliphatic heterocycles. The molecule has 216 valence electrons. The van der Waals surface area contributed by atoms with E-state index >= 15 is 0 Å². The molecule has 45 heavy (non-hydrogen) atoms. The van der Waals surface area contributed by atoms with Crippen molar-refractivity contribution in [2.45, 2.75) is 33.1 Å². The zero-order valence-electron chi connectivity index (χ0n) is 26.0. The van der Waals surface area contributed by atoms with Crippen LogP contribution in [0.15, 0.2) is 127 Å². The fraction of sp³-hybridized carbons (Fsp3) is 0.119. The predicted molar refractivity (Wildman–Crippen MR) is 186 cm³/mol. The standard InChI is InChI=1S/C42H33N3/c1-26-25-30(21-22-31(26)32-23-24-35-34-18-10-11-20-37(34)42(3,4)38(35)27(32)2)40-43-39(29-14-6-5-7-15-29)44-41(45-40)36-19-12-16-28-13-8-9-17-33(28)36/h5-25H,1-4H3. The van der Waals surface area contributed by atoms with Crippen molar-refractivity contribution in [3.63, 3.8) is 0 Å². The monoisotopic (exact) mass is 579 g/mol. The minimum atomic E-state index is -0.0450. The Labute approximate surface area is 264 Å². The Kier molecular flexibility index (Phi) is 6.25. The van der Waals surface area contributed by atoms with Crippen LogP contribution in [0.2, 0.25) is 0 Å². The molecule has 3 heteroatoms. The highest BCUT2D eigenvalue weighted by molar-refractivity contribution is 5.95. The minimum absolute atomic E-state index is 0.0450. The summed E-state index contributed by atoms with van der Waals surface area (Å²) in [5.74, 6) is 2.01. The van der Waals surface area contributed by atoms with Crippen LogP contribution in [0.4, 0.5) is 0 Å². The molecule has 1 heterocycles. The predicted octanol–water partition coefficient (Wildman–Crippen LogP) is 10.6. The topological polar surface area (TPSA) is 38.7 Å². The smallest absolute Gasteiger partial charge is 0.164 e. The Morgan fingerprint density at radius 1 is 0.467 bits per heavy atom. The zero-order chi connectivity index (χ0) is 30.7. The van der Waals surface area contributed by atoms with E-state index in [9.17, 15) is 0 Å². The highest BCUT2D eigenvalue weighted by Crippen LogP contribution is 2.51. The molecule has 0 saturated heterocycles. The Bertz CT molecular complexity index is 2260. The van der Waals surface area contributed by atoms with E-state index < -0.39 is 0 Å². The zero-order valence-corrected chi connectivity index (χ0v) is 26.0. The second-order valence-corrected chi connectivity index (χ2v) is 12.6. The SMILES string of the molecule is Cc1cc(-c2nc(-c3ccccc3)nc(-c3cccc4ccccc34)n2)ccc1-c1ccc2c(c1C)C(C)(C)c1ccccc1-2. The van der Waals surface area contributed by atoms with Crippen molar-refractivity contribution in [2.24, 2.45) is 0 Å². The number of rotatable bonds is 4. The van der Waals surface area contributed by atoms with Crippen molar-refractivity contribution in [3.05, 3.63) is 150 Å². The lowest BCUT2D eigenvalue weighted by molar-refractivity contribution is 0.656. The summed E-state index contributed by atoms with van der Waals surface area (Å²) < 4.78 is 0. The maximum Gasteiger partial charge on any atom is 0.164 e. The van der Waals surface area contributed by atoms with Gasteiger partial charge in [-0.25, -0.2) is 15.0 Å². The van der Waals surface area contributed by atoms with Crippen LogP contribution in [0.25, 0.3) is 67.2 Å². The van der Waals surface area contributed by atoms with Crippen LogP contribution in [0.5, 0.6) is 0 Å².